The maximum absolute atomic E-state index is 12.6. The number of phenols is 1. The van der Waals surface area contributed by atoms with Crippen molar-refractivity contribution in [2.24, 2.45) is 0 Å². The van der Waals surface area contributed by atoms with Gasteiger partial charge in [-0.05, 0) is 36.4 Å². The smallest absolute Gasteiger partial charge is 0.255 e. The van der Waals surface area contributed by atoms with E-state index in [2.05, 4.69) is 10.6 Å². The van der Waals surface area contributed by atoms with Crippen LogP contribution in [0.1, 0.15) is 22.1 Å². The van der Waals surface area contributed by atoms with Crippen LogP contribution < -0.4 is 10.6 Å². The Morgan fingerprint density at radius 2 is 1.52 bits per heavy atom. The van der Waals surface area contributed by atoms with E-state index in [1.807, 2.05) is 66.9 Å². The number of para-hydroxylation sites is 3. The Bertz CT molecular complexity index is 1200. The molecule has 1 aliphatic heterocycles. The molecule has 5 rings (SSSR count). The number of benzene rings is 3. The molecule has 0 saturated carbocycles. The van der Waals surface area contributed by atoms with Gasteiger partial charge in [0.05, 0.1) is 11.3 Å². The molecule has 3 N–H and O–H groups in total. The van der Waals surface area contributed by atoms with Crippen molar-refractivity contribution in [1.82, 2.24) is 15.1 Å². The molecule has 0 aliphatic carbocycles. The number of aromatic hydroxyl groups is 1. The number of phenolic OH excluding ortho intramolecular Hbond substituents is 1. The highest BCUT2D eigenvalue weighted by Crippen LogP contribution is 2.36. The molecular weight excluding hydrogens is 364 g/mol. The van der Waals surface area contributed by atoms with Crippen LogP contribution in [0.4, 0.5) is 5.69 Å². The minimum atomic E-state index is -0.482. The number of fused-ring (bicyclic) bond motifs is 1. The van der Waals surface area contributed by atoms with Crippen molar-refractivity contribution in [2.45, 2.75) is 6.17 Å². The molecule has 1 amide bonds. The maximum atomic E-state index is 12.6. The Hall–Kier alpha value is -4.06. The van der Waals surface area contributed by atoms with Crippen molar-refractivity contribution >= 4 is 11.6 Å². The van der Waals surface area contributed by atoms with Gasteiger partial charge in [-0.2, -0.15) is 5.10 Å². The average Bonchev–Trinajstić information content (AvgIpc) is 3.20. The summed E-state index contributed by atoms with van der Waals surface area (Å²) in [6.07, 6.45) is 1.40. The highest BCUT2D eigenvalue weighted by molar-refractivity contribution is 6.01. The number of nitrogens with one attached hydrogen (secondary N) is 2. The van der Waals surface area contributed by atoms with Gasteiger partial charge in [-0.25, -0.2) is 4.68 Å². The molecule has 29 heavy (non-hydrogen) atoms. The summed E-state index contributed by atoms with van der Waals surface area (Å²) in [7, 11) is 0. The molecular formula is C23H18N4O2. The molecule has 0 radical (unpaired) electrons. The number of carbonyl (C=O) groups excluding carboxylic acids is 1. The van der Waals surface area contributed by atoms with Crippen LogP contribution >= 0.6 is 0 Å². The molecule has 2 heterocycles. The van der Waals surface area contributed by atoms with Crippen molar-refractivity contribution in [3.8, 4) is 22.7 Å². The van der Waals surface area contributed by atoms with Gasteiger partial charge in [0.2, 0.25) is 0 Å². The minimum Gasteiger partial charge on any atom is -0.507 e. The van der Waals surface area contributed by atoms with E-state index >= 15 is 0 Å². The molecule has 6 nitrogen and oxygen atoms in total. The lowest BCUT2D eigenvalue weighted by Gasteiger charge is -2.27. The van der Waals surface area contributed by atoms with E-state index in [4.69, 9.17) is 5.10 Å². The van der Waals surface area contributed by atoms with Gasteiger partial charge in [-0.1, -0.05) is 42.5 Å². The number of anilines is 1. The zero-order valence-corrected chi connectivity index (χ0v) is 15.4. The van der Waals surface area contributed by atoms with Gasteiger partial charge in [0.25, 0.3) is 5.91 Å². The molecule has 1 atom stereocenters. The second-order valence-corrected chi connectivity index (χ2v) is 6.83. The largest absolute Gasteiger partial charge is 0.507 e. The van der Waals surface area contributed by atoms with Crippen molar-refractivity contribution < 1.29 is 9.90 Å². The second-order valence-electron chi connectivity index (χ2n) is 6.83. The number of nitrogens with zero attached hydrogens (tertiary/aromatic N) is 2. The minimum absolute atomic E-state index is 0.134. The highest BCUT2D eigenvalue weighted by atomic mass is 16.3. The van der Waals surface area contributed by atoms with Crippen LogP contribution in [0, 0.1) is 0 Å². The molecule has 1 aliphatic rings. The maximum Gasteiger partial charge on any atom is 0.255 e. The molecule has 1 unspecified atom stereocenters. The van der Waals surface area contributed by atoms with Crippen LogP contribution in [0.15, 0.2) is 85.1 Å². The monoisotopic (exact) mass is 382 g/mol. The Morgan fingerprint density at radius 1 is 0.828 bits per heavy atom. The number of aromatic nitrogens is 2. The first-order chi connectivity index (χ1) is 14.2. The summed E-state index contributed by atoms with van der Waals surface area (Å²) in [5.41, 5.74) is 4.22. The van der Waals surface area contributed by atoms with Gasteiger partial charge in [0.15, 0.2) is 0 Å². The number of hydrogen-bond acceptors (Lipinski definition) is 4. The fraction of sp³-hybridized carbons (Fsp3) is 0.0435. The summed E-state index contributed by atoms with van der Waals surface area (Å²) >= 11 is 0. The first kappa shape index (κ1) is 17.1. The van der Waals surface area contributed by atoms with Crippen molar-refractivity contribution in [3.63, 3.8) is 0 Å². The van der Waals surface area contributed by atoms with Gasteiger partial charge in [0.1, 0.15) is 17.6 Å². The van der Waals surface area contributed by atoms with Crippen molar-refractivity contribution in [2.75, 3.05) is 5.32 Å². The molecule has 0 spiro atoms. The molecule has 0 fully saturated rings. The van der Waals surface area contributed by atoms with E-state index in [1.54, 1.807) is 22.9 Å². The fourth-order valence-electron chi connectivity index (χ4n) is 3.56. The van der Waals surface area contributed by atoms with Crippen molar-refractivity contribution in [1.29, 1.82) is 0 Å². The van der Waals surface area contributed by atoms with Crippen molar-refractivity contribution in [3.05, 3.63) is 96.2 Å². The lowest BCUT2D eigenvalue weighted by atomic mass is 10.0. The average molecular weight is 382 g/mol. The van der Waals surface area contributed by atoms with Crippen LogP contribution in [0.5, 0.6) is 5.75 Å². The highest BCUT2D eigenvalue weighted by Gasteiger charge is 2.29. The van der Waals surface area contributed by atoms with Crippen LogP contribution in [0.2, 0.25) is 0 Å². The number of carbonyl (C=O) groups is 1. The Morgan fingerprint density at radius 3 is 2.31 bits per heavy atom. The summed E-state index contributed by atoms with van der Waals surface area (Å²) in [6.45, 7) is 0. The van der Waals surface area contributed by atoms with Crippen LogP contribution in [-0.4, -0.2) is 20.8 Å². The molecule has 0 bridgehead atoms. The lowest BCUT2D eigenvalue weighted by molar-refractivity contribution is 0.0936. The van der Waals surface area contributed by atoms with Gasteiger partial charge in [0, 0.05) is 23.0 Å². The molecule has 6 heteroatoms. The number of hydrogen-bond donors (Lipinski definition) is 3. The number of amides is 1. The Kier molecular flexibility index (Phi) is 4.02. The summed E-state index contributed by atoms with van der Waals surface area (Å²) in [5.74, 6) is -0.0188. The first-order valence-corrected chi connectivity index (χ1v) is 9.30. The summed E-state index contributed by atoms with van der Waals surface area (Å²) < 4.78 is 1.76. The van der Waals surface area contributed by atoms with E-state index in [-0.39, 0.29) is 11.7 Å². The predicted octanol–water partition coefficient (Wildman–Crippen LogP) is 4.10. The lowest BCUT2D eigenvalue weighted by Crippen LogP contribution is -2.38. The zero-order valence-electron chi connectivity index (χ0n) is 15.4. The van der Waals surface area contributed by atoms with Gasteiger partial charge in [-0.15, -0.1) is 0 Å². The van der Waals surface area contributed by atoms with E-state index in [0.29, 0.717) is 16.8 Å². The predicted molar refractivity (Wildman–Crippen MR) is 111 cm³/mol. The normalized spacial score (nSPS) is 15.3. The summed E-state index contributed by atoms with van der Waals surface area (Å²) in [4.78, 5) is 12.6. The topological polar surface area (TPSA) is 79.2 Å². The summed E-state index contributed by atoms with van der Waals surface area (Å²) in [5, 5.41) is 21.5. The molecule has 142 valence electrons. The third-order valence-corrected chi connectivity index (χ3v) is 4.98. The van der Waals surface area contributed by atoms with Crippen LogP contribution in [0.25, 0.3) is 16.9 Å². The zero-order chi connectivity index (χ0) is 19.8. The van der Waals surface area contributed by atoms with Crippen LogP contribution in [0.3, 0.4) is 0 Å². The van der Waals surface area contributed by atoms with E-state index in [9.17, 15) is 9.90 Å². The SMILES string of the molecule is O=C1NC(c2cn(-c3ccccc3)nc2-c2ccccc2O)Nc2ccccc21. The third kappa shape index (κ3) is 3.00. The Labute approximate surface area is 167 Å². The van der Waals surface area contributed by atoms with Crippen LogP contribution in [-0.2, 0) is 0 Å². The standard InChI is InChI=1S/C23H18N4O2/c28-20-13-7-5-11-17(20)21-18(14-27(26-21)15-8-2-1-3-9-15)22-24-19-12-6-4-10-16(19)23(29)25-22/h1-14,22,24,28H,(H,25,29). The Balaban J connectivity index is 1.65. The van der Waals surface area contributed by atoms with E-state index in [1.165, 1.54) is 0 Å². The van der Waals surface area contributed by atoms with Gasteiger partial charge < -0.3 is 15.7 Å². The number of rotatable bonds is 3. The van der Waals surface area contributed by atoms with Gasteiger partial charge in [-0.3, -0.25) is 4.79 Å². The molecule has 3 aromatic carbocycles. The van der Waals surface area contributed by atoms with E-state index < -0.39 is 6.17 Å². The van der Waals surface area contributed by atoms with Gasteiger partial charge >= 0.3 is 0 Å². The molecule has 4 aromatic rings. The fourth-order valence-corrected chi connectivity index (χ4v) is 3.56. The summed E-state index contributed by atoms with van der Waals surface area (Å²) in [6, 6.07) is 24.2. The molecule has 0 saturated heterocycles. The third-order valence-electron chi connectivity index (χ3n) is 4.98. The van der Waals surface area contributed by atoms with E-state index in [0.717, 1.165) is 16.9 Å². The molecule has 1 aromatic heterocycles. The quantitative estimate of drug-likeness (QED) is 0.498. The first-order valence-electron chi connectivity index (χ1n) is 9.30. The second kappa shape index (κ2) is 6.83.